The smallest absolute Gasteiger partial charge is 0.443 e. The summed E-state index contributed by atoms with van der Waals surface area (Å²) in [7, 11) is 2.25. The fourth-order valence-electron chi connectivity index (χ4n) is 4.12. The topological polar surface area (TPSA) is 119 Å². The predicted octanol–water partition coefficient (Wildman–Crippen LogP) is 4.73. The Morgan fingerprint density at radius 3 is 2.34 bits per heavy atom. The van der Waals surface area contributed by atoms with Gasteiger partial charge in [-0.2, -0.15) is 18.4 Å². The number of methoxy groups -OCH3 is 2. The van der Waals surface area contributed by atoms with Crippen LogP contribution in [-0.4, -0.2) is 31.1 Å². The molecule has 0 fully saturated rings. The van der Waals surface area contributed by atoms with Crippen molar-refractivity contribution in [3.8, 4) is 17.3 Å². The lowest BCUT2D eigenvalue weighted by atomic mass is 9.81. The van der Waals surface area contributed by atoms with Gasteiger partial charge < -0.3 is 15.2 Å². The summed E-state index contributed by atoms with van der Waals surface area (Å²) < 4.78 is 49.3. The van der Waals surface area contributed by atoms with Gasteiger partial charge in [-0.15, -0.1) is 11.3 Å². The average Bonchev–Trinajstić information content (AvgIpc) is 3.43. The van der Waals surface area contributed by atoms with Gasteiger partial charge in [0, 0.05) is 16.6 Å². The minimum absolute atomic E-state index is 0.0392. The normalized spacial score (nSPS) is 15.8. The van der Waals surface area contributed by atoms with E-state index in [0.717, 1.165) is 19.1 Å². The molecule has 0 saturated carbocycles. The number of anilines is 1. The third kappa shape index (κ3) is 4.71. The highest BCUT2D eigenvalue weighted by atomic mass is 32.1. The quantitative estimate of drug-likeness (QED) is 0.462. The van der Waals surface area contributed by atoms with E-state index < -0.39 is 29.0 Å². The Morgan fingerprint density at radius 2 is 1.76 bits per heavy atom. The molecule has 1 aliphatic heterocycles. The summed E-state index contributed by atoms with van der Waals surface area (Å²) in [5.74, 6) is -3.05. The number of carbonyl (C=O) groups excluding carboxylic acids is 2. The molecule has 3 aromatic rings. The van der Waals surface area contributed by atoms with Crippen LogP contribution in [0.5, 0.6) is 0 Å². The van der Waals surface area contributed by atoms with Crippen LogP contribution in [0.2, 0.25) is 0 Å². The molecule has 2 N–H and O–H groups in total. The maximum Gasteiger partial charge on any atom is 0.443 e. The largest absolute Gasteiger partial charge is 0.466 e. The third-order valence-electron chi connectivity index (χ3n) is 5.76. The SMILES string of the molecule is COC(=O)C1=C(C(=O)OC)N(c2cccc(-c3csc(C(F)(F)F)n3)c2)C(N)=C(C#N)C1c1ccccc1. The van der Waals surface area contributed by atoms with Crippen LogP contribution < -0.4 is 10.6 Å². The minimum atomic E-state index is -4.61. The highest BCUT2D eigenvalue weighted by Crippen LogP contribution is 2.44. The third-order valence-corrected chi connectivity index (χ3v) is 6.64. The van der Waals surface area contributed by atoms with Crippen LogP contribution in [0.1, 0.15) is 16.5 Å². The fraction of sp³-hybridized carbons (Fsp3) is 0.154. The Bertz CT molecular complexity index is 1510. The second kappa shape index (κ2) is 10.4. The molecule has 2 aromatic carbocycles. The number of esters is 2. The minimum Gasteiger partial charge on any atom is -0.466 e. The first-order chi connectivity index (χ1) is 18.1. The lowest BCUT2D eigenvalue weighted by molar-refractivity contribution is -0.139. The zero-order valence-electron chi connectivity index (χ0n) is 19.9. The van der Waals surface area contributed by atoms with Crippen molar-refractivity contribution in [3.05, 3.63) is 93.2 Å². The molecule has 8 nitrogen and oxygen atoms in total. The molecule has 2 heterocycles. The summed E-state index contributed by atoms with van der Waals surface area (Å²) in [6, 6.07) is 16.5. The van der Waals surface area contributed by atoms with E-state index in [9.17, 15) is 28.0 Å². The van der Waals surface area contributed by atoms with E-state index in [-0.39, 0.29) is 39.6 Å². The molecule has 0 aliphatic carbocycles. The van der Waals surface area contributed by atoms with Crippen LogP contribution in [-0.2, 0) is 25.2 Å². The lowest BCUT2D eigenvalue weighted by Crippen LogP contribution is -2.40. The average molecular weight is 541 g/mol. The number of hydrogen-bond acceptors (Lipinski definition) is 9. The maximum atomic E-state index is 13.1. The molecular weight excluding hydrogens is 521 g/mol. The van der Waals surface area contributed by atoms with Gasteiger partial charge in [-0.25, -0.2) is 14.6 Å². The zero-order chi connectivity index (χ0) is 27.6. The van der Waals surface area contributed by atoms with Gasteiger partial charge in [0.05, 0.1) is 43.0 Å². The van der Waals surface area contributed by atoms with Crippen LogP contribution in [0.3, 0.4) is 0 Å². The van der Waals surface area contributed by atoms with Gasteiger partial charge in [-0.3, -0.25) is 4.90 Å². The van der Waals surface area contributed by atoms with Gasteiger partial charge in [-0.05, 0) is 17.7 Å². The molecule has 1 atom stereocenters. The summed E-state index contributed by atoms with van der Waals surface area (Å²) in [4.78, 5) is 31.1. The number of allylic oxidation sites excluding steroid dienone is 1. The number of ether oxygens (including phenoxy) is 2. The number of alkyl halides is 3. The van der Waals surface area contributed by atoms with E-state index in [0.29, 0.717) is 16.9 Å². The van der Waals surface area contributed by atoms with E-state index in [1.165, 1.54) is 29.6 Å². The van der Waals surface area contributed by atoms with Gasteiger partial charge in [0.1, 0.15) is 11.5 Å². The second-order valence-corrected chi connectivity index (χ2v) is 8.78. The molecule has 194 valence electrons. The van der Waals surface area contributed by atoms with Crippen molar-refractivity contribution in [1.29, 1.82) is 5.26 Å². The van der Waals surface area contributed by atoms with E-state index in [2.05, 4.69) is 4.98 Å². The number of rotatable bonds is 5. The standard InChI is InChI=1S/C26H19F3N4O4S/c1-36-23(34)20-19(14-7-4-3-5-8-14)17(12-30)22(31)33(21(20)24(35)37-2)16-10-6-9-15(11-16)18-13-38-25(32-18)26(27,28)29/h3-11,13,19H,31H2,1-2H3. The molecule has 0 saturated heterocycles. The van der Waals surface area contributed by atoms with E-state index in [1.54, 1.807) is 30.3 Å². The zero-order valence-corrected chi connectivity index (χ0v) is 20.8. The van der Waals surface area contributed by atoms with Crippen molar-refractivity contribution in [2.45, 2.75) is 12.1 Å². The van der Waals surface area contributed by atoms with Crippen LogP contribution in [0.4, 0.5) is 18.9 Å². The molecule has 1 aromatic heterocycles. The van der Waals surface area contributed by atoms with Crippen LogP contribution in [0.15, 0.2) is 82.6 Å². The first-order valence-corrected chi connectivity index (χ1v) is 11.8. The van der Waals surface area contributed by atoms with Crippen LogP contribution in [0.25, 0.3) is 11.3 Å². The fourth-order valence-corrected chi connectivity index (χ4v) is 4.82. The molecule has 0 radical (unpaired) electrons. The molecule has 1 aliphatic rings. The summed E-state index contributed by atoms with van der Waals surface area (Å²) in [6.07, 6.45) is -4.61. The van der Waals surface area contributed by atoms with Crippen LogP contribution in [0, 0.1) is 11.3 Å². The number of halogens is 3. The number of carbonyl (C=O) groups is 2. The Labute approximate surface area is 219 Å². The van der Waals surface area contributed by atoms with Gasteiger partial charge >= 0.3 is 18.1 Å². The Morgan fingerprint density at radius 1 is 1.08 bits per heavy atom. The number of nitriles is 1. The van der Waals surface area contributed by atoms with Gasteiger partial charge in [0.15, 0.2) is 5.01 Å². The monoisotopic (exact) mass is 540 g/mol. The van der Waals surface area contributed by atoms with Crippen LogP contribution >= 0.6 is 11.3 Å². The van der Waals surface area contributed by atoms with Crippen molar-refractivity contribution >= 4 is 29.0 Å². The van der Waals surface area contributed by atoms with Gasteiger partial charge in [0.25, 0.3) is 0 Å². The van der Waals surface area contributed by atoms with Gasteiger partial charge in [0.2, 0.25) is 0 Å². The summed E-state index contributed by atoms with van der Waals surface area (Å²) in [6.45, 7) is 0. The number of hydrogen-bond donors (Lipinski definition) is 1. The van der Waals surface area contributed by atoms with E-state index in [1.807, 2.05) is 6.07 Å². The summed E-state index contributed by atoms with van der Waals surface area (Å²) in [5, 5.41) is 10.3. The number of benzene rings is 2. The summed E-state index contributed by atoms with van der Waals surface area (Å²) >= 11 is 0.440. The second-order valence-electron chi connectivity index (χ2n) is 7.92. The number of aromatic nitrogens is 1. The molecule has 12 heteroatoms. The molecule has 4 rings (SSSR count). The Kier molecular flexibility index (Phi) is 7.23. The molecule has 1 unspecified atom stereocenters. The van der Waals surface area contributed by atoms with Crippen molar-refractivity contribution in [3.63, 3.8) is 0 Å². The highest BCUT2D eigenvalue weighted by molar-refractivity contribution is 7.10. The van der Waals surface area contributed by atoms with Crippen molar-refractivity contribution in [2.24, 2.45) is 5.73 Å². The molecule has 38 heavy (non-hydrogen) atoms. The first kappa shape index (κ1) is 26.4. The highest BCUT2D eigenvalue weighted by Gasteiger charge is 2.43. The summed E-state index contributed by atoms with van der Waals surface area (Å²) in [5.41, 5.74) is 6.96. The number of nitrogens with zero attached hydrogens (tertiary/aromatic N) is 3. The molecule has 0 spiro atoms. The number of nitrogens with two attached hydrogens (primary N) is 1. The first-order valence-electron chi connectivity index (χ1n) is 10.9. The molecule has 0 amide bonds. The Balaban J connectivity index is 1.97. The van der Waals surface area contributed by atoms with Crippen molar-refractivity contribution < 1.29 is 32.2 Å². The van der Waals surface area contributed by atoms with Crippen molar-refractivity contribution in [2.75, 3.05) is 19.1 Å². The lowest BCUT2D eigenvalue weighted by Gasteiger charge is -2.36. The van der Waals surface area contributed by atoms with Gasteiger partial charge in [-0.1, -0.05) is 42.5 Å². The predicted molar refractivity (Wildman–Crippen MR) is 132 cm³/mol. The Hall–Kier alpha value is -4.63. The van der Waals surface area contributed by atoms with Crippen molar-refractivity contribution in [1.82, 2.24) is 4.98 Å². The van der Waals surface area contributed by atoms with E-state index >= 15 is 0 Å². The molecular formula is C26H19F3N4O4S. The number of thiazole rings is 1. The molecule has 0 bridgehead atoms. The maximum absolute atomic E-state index is 13.1. The van der Waals surface area contributed by atoms with E-state index in [4.69, 9.17) is 15.2 Å².